The summed E-state index contributed by atoms with van der Waals surface area (Å²) in [4.78, 5) is 28.7. The fourth-order valence-corrected chi connectivity index (χ4v) is 4.16. The monoisotopic (exact) mass is 420 g/mol. The van der Waals surface area contributed by atoms with Gasteiger partial charge in [0.2, 0.25) is 11.8 Å². The van der Waals surface area contributed by atoms with E-state index in [1.807, 2.05) is 42.5 Å². The van der Waals surface area contributed by atoms with Gasteiger partial charge in [-0.3, -0.25) is 9.59 Å². The van der Waals surface area contributed by atoms with Crippen molar-refractivity contribution in [2.45, 2.75) is 24.8 Å². The first kappa shape index (κ1) is 19.9. The number of ether oxygens (including phenoxy) is 1. The summed E-state index contributed by atoms with van der Waals surface area (Å²) in [6.07, 6.45) is 1.39. The second kappa shape index (κ2) is 8.13. The molecule has 0 atom stereocenters. The van der Waals surface area contributed by atoms with Crippen LogP contribution in [0.3, 0.4) is 0 Å². The highest BCUT2D eigenvalue weighted by molar-refractivity contribution is 7.18. The van der Waals surface area contributed by atoms with Gasteiger partial charge in [-0.15, -0.1) is 11.3 Å². The lowest BCUT2D eigenvalue weighted by Gasteiger charge is -2.09. The van der Waals surface area contributed by atoms with E-state index in [9.17, 15) is 9.59 Å². The van der Waals surface area contributed by atoms with E-state index in [2.05, 4.69) is 21.7 Å². The van der Waals surface area contributed by atoms with Gasteiger partial charge in [-0.25, -0.2) is 4.98 Å². The first-order chi connectivity index (χ1) is 14.5. The Hall–Kier alpha value is -3.44. The summed E-state index contributed by atoms with van der Waals surface area (Å²) in [7, 11) is 1.62. The van der Waals surface area contributed by atoms with Crippen LogP contribution in [0.5, 0.6) is 5.75 Å². The van der Waals surface area contributed by atoms with Gasteiger partial charge in [0.15, 0.2) is 0 Å². The number of aromatic nitrogens is 1. The van der Waals surface area contributed by atoms with Crippen LogP contribution in [0.1, 0.15) is 17.8 Å². The van der Waals surface area contributed by atoms with Crippen LogP contribution < -0.4 is 15.4 Å². The maximum absolute atomic E-state index is 12.2. The standard InChI is InChI=1S/C22H20N4O3S/c1-29-17-10-16-18(9-15(17)14-5-3-2-4-6-14)30-21(25-16)11-19(27)24-12-20(28)26-22(13-23)7-8-22/h2-6,9-10H,7-8,11-12H2,1H3,(H,24,27)(H,26,28). The van der Waals surface area contributed by atoms with Crippen LogP contribution in [0.2, 0.25) is 0 Å². The zero-order chi connectivity index (χ0) is 21.1. The van der Waals surface area contributed by atoms with Gasteiger partial charge in [-0.05, 0) is 24.5 Å². The number of nitrogens with one attached hydrogen (secondary N) is 2. The lowest BCUT2D eigenvalue weighted by Crippen LogP contribution is -2.43. The summed E-state index contributed by atoms with van der Waals surface area (Å²) in [5, 5.41) is 14.9. The topological polar surface area (TPSA) is 104 Å². The molecular formula is C22H20N4O3S. The number of rotatable bonds is 7. The van der Waals surface area contributed by atoms with E-state index in [0.29, 0.717) is 17.8 Å². The fraction of sp³-hybridized carbons (Fsp3) is 0.273. The molecule has 152 valence electrons. The molecule has 1 heterocycles. The van der Waals surface area contributed by atoms with E-state index in [4.69, 9.17) is 10.00 Å². The summed E-state index contributed by atoms with van der Waals surface area (Å²) in [5.74, 6) is 0.0726. The van der Waals surface area contributed by atoms with E-state index < -0.39 is 5.54 Å². The van der Waals surface area contributed by atoms with Gasteiger partial charge in [-0.2, -0.15) is 5.26 Å². The van der Waals surface area contributed by atoms with E-state index in [1.165, 1.54) is 11.3 Å². The van der Waals surface area contributed by atoms with Crippen molar-refractivity contribution in [2.75, 3.05) is 13.7 Å². The quantitative estimate of drug-likeness (QED) is 0.612. The molecule has 2 N–H and O–H groups in total. The van der Waals surface area contributed by atoms with Crippen LogP contribution in [-0.2, 0) is 16.0 Å². The van der Waals surface area contributed by atoms with E-state index in [1.54, 1.807) is 7.11 Å². The van der Waals surface area contributed by atoms with Gasteiger partial charge < -0.3 is 15.4 Å². The number of carbonyl (C=O) groups is 2. The molecule has 0 aliphatic heterocycles. The average Bonchev–Trinajstić information content (AvgIpc) is 3.42. The molecular weight excluding hydrogens is 400 g/mol. The Morgan fingerprint density at radius 3 is 2.67 bits per heavy atom. The Morgan fingerprint density at radius 2 is 2.00 bits per heavy atom. The van der Waals surface area contributed by atoms with Gasteiger partial charge in [-0.1, -0.05) is 30.3 Å². The van der Waals surface area contributed by atoms with Crippen LogP contribution >= 0.6 is 11.3 Å². The molecule has 1 aliphatic rings. The number of amides is 2. The molecule has 4 rings (SSSR count). The van der Waals surface area contributed by atoms with Crippen molar-refractivity contribution in [2.24, 2.45) is 0 Å². The number of fused-ring (bicyclic) bond motifs is 1. The van der Waals surface area contributed by atoms with Crippen LogP contribution in [0.25, 0.3) is 21.3 Å². The highest BCUT2D eigenvalue weighted by Crippen LogP contribution is 2.36. The van der Waals surface area contributed by atoms with E-state index in [0.717, 1.165) is 27.1 Å². The van der Waals surface area contributed by atoms with Crippen molar-refractivity contribution in [1.82, 2.24) is 15.6 Å². The molecule has 0 saturated heterocycles. The molecule has 1 fully saturated rings. The largest absolute Gasteiger partial charge is 0.496 e. The van der Waals surface area contributed by atoms with Crippen molar-refractivity contribution in [3.8, 4) is 22.9 Å². The summed E-state index contributed by atoms with van der Waals surface area (Å²) in [6, 6.07) is 15.9. The number of nitrogens with zero attached hydrogens (tertiary/aromatic N) is 2. The second-order valence-corrected chi connectivity index (χ2v) is 8.30. The lowest BCUT2D eigenvalue weighted by molar-refractivity contribution is -0.126. The molecule has 0 radical (unpaired) electrons. The minimum absolute atomic E-state index is 0.0823. The van der Waals surface area contributed by atoms with Crippen LogP contribution in [0.15, 0.2) is 42.5 Å². The Kier molecular flexibility index (Phi) is 5.38. The molecule has 0 unspecified atom stereocenters. The van der Waals surface area contributed by atoms with Crippen molar-refractivity contribution in [3.63, 3.8) is 0 Å². The molecule has 1 aliphatic carbocycles. The Balaban J connectivity index is 1.44. The summed E-state index contributed by atoms with van der Waals surface area (Å²) in [5.41, 5.74) is 2.04. The number of benzene rings is 2. The van der Waals surface area contributed by atoms with Crippen molar-refractivity contribution >= 4 is 33.4 Å². The van der Waals surface area contributed by atoms with Gasteiger partial charge in [0.05, 0.1) is 36.4 Å². The first-order valence-corrected chi connectivity index (χ1v) is 10.4. The van der Waals surface area contributed by atoms with Crippen LogP contribution in [0, 0.1) is 11.3 Å². The van der Waals surface area contributed by atoms with Crippen molar-refractivity contribution < 1.29 is 14.3 Å². The average molecular weight is 420 g/mol. The molecule has 3 aromatic rings. The predicted molar refractivity (Wildman–Crippen MR) is 114 cm³/mol. The van der Waals surface area contributed by atoms with Gasteiger partial charge in [0.25, 0.3) is 0 Å². The molecule has 0 spiro atoms. The third-order valence-electron chi connectivity index (χ3n) is 4.94. The minimum atomic E-state index is -0.732. The maximum atomic E-state index is 12.2. The molecule has 2 aromatic carbocycles. The smallest absolute Gasteiger partial charge is 0.240 e. The Labute approximate surface area is 177 Å². The number of methoxy groups -OCH3 is 1. The molecule has 0 bridgehead atoms. The number of nitriles is 1. The van der Waals surface area contributed by atoms with Crippen molar-refractivity contribution in [3.05, 3.63) is 47.5 Å². The van der Waals surface area contributed by atoms with E-state index >= 15 is 0 Å². The Morgan fingerprint density at radius 1 is 1.23 bits per heavy atom. The minimum Gasteiger partial charge on any atom is -0.496 e. The highest BCUT2D eigenvalue weighted by Gasteiger charge is 2.44. The van der Waals surface area contributed by atoms with Gasteiger partial charge in [0.1, 0.15) is 16.3 Å². The molecule has 2 amide bonds. The zero-order valence-corrected chi connectivity index (χ0v) is 17.2. The first-order valence-electron chi connectivity index (χ1n) is 9.54. The number of thiazole rings is 1. The molecule has 7 nitrogen and oxygen atoms in total. The molecule has 8 heteroatoms. The SMILES string of the molecule is COc1cc2nc(CC(=O)NCC(=O)NC3(C#N)CC3)sc2cc1-c1ccccc1. The molecule has 30 heavy (non-hydrogen) atoms. The predicted octanol–water partition coefficient (Wildman–Crippen LogP) is 2.80. The van der Waals surface area contributed by atoms with E-state index in [-0.39, 0.29) is 24.8 Å². The van der Waals surface area contributed by atoms with Crippen molar-refractivity contribution in [1.29, 1.82) is 5.26 Å². The maximum Gasteiger partial charge on any atom is 0.240 e. The fourth-order valence-electron chi connectivity index (χ4n) is 3.17. The van der Waals surface area contributed by atoms with Gasteiger partial charge in [0, 0.05) is 11.6 Å². The summed E-state index contributed by atoms with van der Waals surface area (Å²) >= 11 is 1.44. The third kappa shape index (κ3) is 4.26. The van der Waals surface area contributed by atoms with Gasteiger partial charge >= 0.3 is 0 Å². The van der Waals surface area contributed by atoms with Crippen LogP contribution in [0.4, 0.5) is 0 Å². The summed E-state index contributed by atoms with van der Waals surface area (Å²) < 4.78 is 6.49. The highest BCUT2D eigenvalue weighted by atomic mass is 32.1. The number of hydrogen-bond donors (Lipinski definition) is 2. The lowest BCUT2D eigenvalue weighted by atomic mass is 10.0. The summed E-state index contributed by atoms with van der Waals surface area (Å²) in [6.45, 7) is -0.154. The molecule has 1 aromatic heterocycles. The zero-order valence-electron chi connectivity index (χ0n) is 16.4. The second-order valence-electron chi connectivity index (χ2n) is 7.19. The third-order valence-corrected chi connectivity index (χ3v) is 5.96. The van der Waals surface area contributed by atoms with Crippen LogP contribution in [-0.4, -0.2) is 36.0 Å². The molecule has 1 saturated carbocycles. The number of carbonyl (C=O) groups excluding carboxylic acids is 2. The number of hydrogen-bond acceptors (Lipinski definition) is 6. The normalized spacial score (nSPS) is 14.0. The Bertz CT molecular complexity index is 1150.